The zero-order chi connectivity index (χ0) is 19.6. The molecule has 0 saturated carbocycles. The number of aryl methyl sites for hydroxylation is 1. The number of nitrogens with zero attached hydrogens (tertiary/aromatic N) is 3. The standard InChI is InChI=1S/C17H15ClN4O3S2/c1-11-4-3-5-14(10-11)22(2)27(24,25)17-21-20-16(26-17)19-15(23)12-6-8-13(18)9-7-12/h3-10H,1-2H3,(H,19,20,23). The molecule has 1 N–H and O–H groups in total. The first-order valence-electron chi connectivity index (χ1n) is 7.73. The van der Waals surface area contributed by atoms with E-state index in [2.05, 4.69) is 15.5 Å². The van der Waals surface area contributed by atoms with Crippen LogP contribution in [0.5, 0.6) is 0 Å². The Balaban J connectivity index is 1.79. The second-order valence-corrected chi connectivity index (χ2v) is 9.20. The van der Waals surface area contributed by atoms with E-state index in [-0.39, 0.29) is 9.47 Å². The van der Waals surface area contributed by atoms with Gasteiger partial charge in [-0.25, -0.2) is 0 Å². The lowest BCUT2D eigenvalue weighted by molar-refractivity contribution is 0.102. The Labute approximate surface area is 165 Å². The molecule has 0 aliphatic heterocycles. The van der Waals surface area contributed by atoms with Crippen molar-refractivity contribution in [3.63, 3.8) is 0 Å². The summed E-state index contributed by atoms with van der Waals surface area (Å²) in [6, 6.07) is 13.4. The van der Waals surface area contributed by atoms with Gasteiger partial charge in [0, 0.05) is 17.6 Å². The molecule has 0 aliphatic carbocycles. The van der Waals surface area contributed by atoms with E-state index < -0.39 is 15.9 Å². The van der Waals surface area contributed by atoms with Crippen LogP contribution in [-0.2, 0) is 10.0 Å². The number of nitrogens with one attached hydrogen (secondary N) is 1. The summed E-state index contributed by atoms with van der Waals surface area (Å²) >= 11 is 6.58. The lowest BCUT2D eigenvalue weighted by Crippen LogP contribution is -2.26. The summed E-state index contributed by atoms with van der Waals surface area (Å²) in [5, 5.41) is 10.6. The van der Waals surface area contributed by atoms with Crippen molar-refractivity contribution in [3.8, 4) is 0 Å². The topological polar surface area (TPSA) is 92.3 Å². The number of anilines is 2. The SMILES string of the molecule is Cc1cccc(N(C)S(=O)(=O)c2nnc(NC(=O)c3ccc(Cl)cc3)s2)c1. The van der Waals surface area contributed by atoms with E-state index in [0.717, 1.165) is 21.2 Å². The number of aromatic nitrogens is 2. The Bertz CT molecular complexity index is 1080. The van der Waals surface area contributed by atoms with Crippen molar-refractivity contribution >= 4 is 49.7 Å². The highest BCUT2D eigenvalue weighted by atomic mass is 35.5. The van der Waals surface area contributed by atoms with Crippen molar-refractivity contribution in [1.82, 2.24) is 10.2 Å². The summed E-state index contributed by atoms with van der Waals surface area (Å²) in [4.78, 5) is 12.2. The first-order valence-corrected chi connectivity index (χ1v) is 10.4. The van der Waals surface area contributed by atoms with Gasteiger partial charge in [-0.15, -0.1) is 10.2 Å². The molecular weight excluding hydrogens is 408 g/mol. The minimum absolute atomic E-state index is 0.0890. The molecule has 0 aliphatic rings. The van der Waals surface area contributed by atoms with E-state index in [9.17, 15) is 13.2 Å². The molecule has 1 amide bonds. The number of carbonyl (C=O) groups is 1. The van der Waals surface area contributed by atoms with Crippen LogP contribution in [0.3, 0.4) is 0 Å². The third kappa shape index (κ3) is 4.26. The van der Waals surface area contributed by atoms with Crippen LogP contribution in [0.2, 0.25) is 5.02 Å². The molecule has 0 spiro atoms. The first kappa shape index (κ1) is 19.3. The third-order valence-corrected chi connectivity index (χ3v) is 6.90. The Hall–Kier alpha value is -2.49. The van der Waals surface area contributed by atoms with Gasteiger partial charge in [-0.3, -0.25) is 14.4 Å². The van der Waals surface area contributed by atoms with Gasteiger partial charge >= 0.3 is 0 Å². The monoisotopic (exact) mass is 422 g/mol. The zero-order valence-electron chi connectivity index (χ0n) is 14.4. The molecule has 27 heavy (non-hydrogen) atoms. The van der Waals surface area contributed by atoms with Crippen LogP contribution in [0.1, 0.15) is 15.9 Å². The van der Waals surface area contributed by atoms with Crippen LogP contribution in [-0.4, -0.2) is 31.6 Å². The number of hydrogen-bond donors (Lipinski definition) is 1. The van der Waals surface area contributed by atoms with Crippen LogP contribution in [0, 0.1) is 6.92 Å². The Morgan fingerprint density at radius 2 is 1.85 bits per heavy atom. The number of benzene rings is 2. The highest BCUT2D eigenvalue weighted by Gasteiger charge is 2.26. The van der Waals surface area contributed by atoms with Crippen molar-refractivity contribution in [2.24, 2.45) is 0 Å². The van der Waals surface area contributed by atoms with E-state index in [1.165, 1.54) is 7.05 Å². The van der Waals surface area contributed by atoms with Gasteiger partial charge < -0.3 is 0 Å². The lowest BCUT2D eigenvalue weighted by Gasteiger charge is -2.17. The number of sulfonamides is 1. The van der Waals surface area contributed by atoms with Crippen LogP contribution in [0.25, 0.3) is 0 Å². The molecule has 0 saturated heterocycles. The molecular formula is C17H15ClN4O3S2. The molecule has 0 radical (unpaired) electrons. The number of carbonyl (C=O) groups excluding carboxylic acids is 1. The molecule has 3 rings (SSSR count). The molecule has 140 valence electrons. The molecule has 0 atom stereocenters. The zero-order valence-corrected chi connectivity index (χ0v) is 16.8. The van der Waals surface area contributed by atoms with Gasteiger partial charge in [0.2, 0.25) is 5.13 Å². The molecule has 7 nitrogen and oxygen atoms in total. The Morgan fingerprint density at radius 1 is 1.15 bits per heavy atom. The van der Waals surface area contributed by atoms with Gasteiger partial charge in [0.05, 0.1) is 5.69 Å². The van der Waals surface area contributed by atoms with Crippen molar-refractivity contribution in [3.05, 3.63) is 64.7 Å². The van der Waals surface area contributed by atoms with Crippen molar-refractivity contribution in [2.45, 2.75) is 11.3 Å². The average molecular weight is 423 g/mol. The first-order chi connectivity index (χ1) is 12.8. The minimum Gasteiger partial charge on any atom is -0.296 e. The minimum atomic E-state index is -3.88. The summed E-state index contributed by atoms with van der Waals surface area (Å²) in [5.41, 5.74) is 1.82. The fraction of sp³-hybridized carbons (Fsp3) is 0.118. The van der Waals surface area contributed by atoms with Crippen LogP contribution in [0.4, 0.5) is 10.8 Å². The van der Waals surface area contributed by atoms with Gasteiger partial charge in [-0.1, -0.05) is 35.1 Å². The fourth-order valence-electron chi connectivity index (χ4n) is 2.21. The molecule has 0 fully saturated rings. The fourth-order valence-corrected chi connectivity index (χ4v) is 4.58. The Morgan fingerprint density at radius 3 is 2.52 bits per heavy atom. The smallest absolute Gasteiger partial charge is 0.293 e. The van der Waals surface area contributed by atoms with E-state index in [4.69, 9.17) is 11.6 Å². The van der Waals surface area contributed by atoms with E-state index in [1.807, 2.05) is 13.0 Å². The highest BCUT2D eigenvalue weighted by molar-refractivity contribution is 7.94. The maximum Gasteiger partial charge on any atom is 0.293 e. The highest BCUT2D eigenvalue weighted by Crippen LogP contribution is 2.27. The quantitative estimate of drug-likeness (QED) is 0.634. The van der Waals surface area contributed by atoms with E-state index in [0.29, 0.717) is 16.3 Å². The number of hydrogen-bond acceptors (Lipinski definition) is 6. The maximum absolute atomic E-state index is 12.8. The third-order valence-electron chi connectivity index (χ3n) is 3.68. The molecule has 1 heterocycles. The molecule has 3 aromatic rings. The van der Waals surface area contributed by atoms with Gasteiger partial charge in [-0.2, -0.15) is 8.42 Å². The van der Waals surface area contributed by atoms with Crippen molar-refractivity contribution in [2.75, 3.05) is 16.7 Å². The normalized spacial score (nSPS) is 11.2. The Kier molecular flexibility index (Phi) is 5.45. The van der Waals surface area contributed by atoms with Gasteiger partial charge in [0.15, 0.2) is 0 Å². The molecule has 1 aromatic heterocycles. The largest absolute Gasteiger partial charge is 0.296 e. The molecule has 0 bridgehead atoms. The summed E-state index contributed by atoms with van der Waals surface area (Å²) in [6.45, 7) is 1.87. The van der Waals surface area contributed by atoms with E-state index >= 15 is 0 Å². The summed E-state index contributed by atoms with van der Waals surface area (Å²) in [7, 11) is -2.44. The summed E-state index contributed by atoms with van der Waals surface area (Å²) in [5.74, 6) is -0.432. The predicted octanol–water partition coefficient (Wildman–Crippen LogP) is 3.58. The molecule has 2 aromatic carbocycles. The van der Waals surface area contributed by atoms with Crippen LogP contribution in [0.15, 0.2) is 52.9 Å². The van der Waals surface area contributed by atoms with Gasteiger partial charge in [0.1, 0.15) is 0 Å². The summed E-state index contributed by atoms with van der Waals surface area (Å²) < 4.78 is 26.4. The average Bonchev–Trinajstić information content (AvgIpc) is 3.11. The van der Waals surface area contributed by atoms with E-state index in [1.54, 1.807) is 42.5 Å². The van der Waals surface area contributed by atoms with Crippen LogP contribution < -0.4 is 9.62 Å². The molecule has 10 heteroatoms. The van der Waals surface area contributed by atoms with Crippen molar-refractivity contribution < 1.29 is 13.2 Å². The number of amides is 1. The number of halogens is 1. The number of rotatable bonds is 5. The molecule has 0 unspecified atom stereocenters. The maximum atomic E-state index is 12.8. The second kappa shape index (κ2) is 7.63. The second-order valence-electron chi connectivity index (χ2n) is 5.65. The lowest BCUT2D eigenvalue weighted by atomic mass is 10.2. The van der Waals surface area contributed by atoms with Crippen LogP contribution >= 0.6 is 22.9 Å². The van der Waals surface area contributed by atoms with Gasteiger partial charge in [-0.05, 0) is 48.9 Å². The van der Waals surface area contributed by atoms with Gasteiger partial charge in [0.25, 0.3) is 20.3 Å². The predicted molar refractivity (Wildman–Crippen MR) is 106 cm³/mol. The summed E-state index contributed by atoms with van der Waals surface area (Å²) in [6.07, 6.45) is 0. The van der Waals surface area contributed by atoms with Crippen molar-refractivity contribution in [1.29, 1.82) is 0 Å².